The number of ether oxygens (including phenoxy) is 1. The van der Waals surface area contributed by atoms with E-state index in [1.54, 1.807) is 0 Å². The van der Waals surface area contributed by atoms with Gasteiger partial charge in [0.1, 0.15) is 11.6 Å². The molecule has 2 aromatic rings. The standard InChI is InChI=1S/C27H31FO2/c1-2-3-4-19-5-6-24-18-23(12-11-22(24)17-19)20-7-9-21(10-8-20)27(29)30-26-15-13-25(28)14-16-26/h2,7-10,13-16,19,22-24H,1,3-6,11-12,17-18H2. The van der Waals surface area contributed by atoms with Crippen LogP contribution in [0, 0.1) is 23.6 Å². The number of fused-ring (bicyclic) bond motifs is 1. The highest BCUT2D eigenvalue weighted by Crippen LogP contribution is 2.48. The molecule has 2 nitrogen and oxygen atoms in total. The maximum atomic E-state index is 13.0. The summed E-state index contributed by atoms with van der Waals surface area (Å²) in [5.41, 5.74) is 1.86. The number of rotatable bonds is 6. The molecule has 4 atom stereocenters. The van der Waals surface area contributed by atoms with E-state index in [0.717, 1.165) is 24.2 Å². The molecule has 0 amide bonds. The Kier molecular flexibility index (Phi) is 6.66. The lowest BCUT2D eigenvalue weighted by Crippen LogP contribution is -2.30. The Morgan fingerprint density at radius 1 is 0.967 bits per heavy atom. The molecular weight excluding hydrogens is 375 g/mol. The minimum Gasteiger partial charge on any atom is -0.423 e. The number of allylic oxidation sites excluding steroid dienone is 1. The van der Waals surface area contributed by atoms with Crippen molar-refractivity contribution in [1.29, 1.82) is 0 Å². The summed E-state index contributed by atoms with van der Waals surface area (Å²) in [5.74, 6) is 2.84. The Hall–Kier alpha value is -2.42. The van der Waals surface area contributed by atoms with E-state index >= 15 is 0 Å². The molecule has 0 bridgehead atoms. The highest BCUT2D eigenvalue weighted by atomic mass is 19.1. The quantitative estimate of drug-likeness (QED) is 0.285. The van der Waals surface area contributed by atoms with Gasteiger partial charge < -0.3 is 4.74 Å². The van der Waals surface area contributed by atoms with E-state index in [2.05, 4.69) is 24.8 Å². The zero-order valence-corrected chi connectivity index (χ0v) is 17.6. The van der Waals surface area contributed by atoms with Crippen molar-refractivity contribution in [3.8, 4) is 5.75 Å². The zero-order chi connectivity index (χ0) is 20.9. The van der Waals surface area contributed by atoms with Gasteiger partial charge in [-0.05, 0) is 111 Å². The van der Waals surface area contributed by atoms with Crippen LogP contribution in [0.4, 0.5) is 4.39 Å². The number of hydrogen-bond acceptors (Lipinski definition) is 2. The molecule has 0 aromatic heterocycles. The molecule has 2 aliphatic carbocycles. The van der Waals surface area contributed by atoms with Gasteiger partial charge >= 0.3 is 5.97 Å². The molecule has 0 radical (unpaired) electrons. The topological polar surface area (TPSA) is 26.3 Å². The maximum Gasteiger partial charge on any atom is 0.343 e. The smallest absolute Gasteiger partial charge is 0.343 e. The Labute approximate surface area is 179 Å². The zero-order valence-electron chi connectivity index (χ0n) is 17.6. The van der Waals surface area contributed by atoms with Crippen LogP contribution in [0.25, 0.3) is 0 Å². The first-order chi connectivity index (χ1) is 14.6. The average molecular weight is 407 g/mol. The third kappa shape index (κ3) is 5.00. The van der Waals surface area contributed by atoms with Gasteiger partial charge in [0.2, 0.25) is 0 Å². The number of benzene rings is 2. The average Bonchev–Trinajstić information content (AvgIpc) is 2.79. The molecule has 4 unspecified atom stereocenters. The Morgan fingerprint density at radius 2 is 1.67 bits per heavy atom. The van der Waals surface area contributed by atoms with E-state index in [4.69, 9.17) is 4.74 Å². The number of halogens is 1. The number of esters is 1. The second-order valence-electron chi connectivity index (χ2n) is 9.04. The predicted octanol–water partition coefficient (Wildman–Crippen LogP) is 7.31. The van der Waals surface area contributed by atoms with Crippen LogP contribution in [0.15, 0.2) is 61.2 Å². The molecule has 3 heteroatoms. The van der Waals surface area contributed by atoms with Crippen molar-refractivity contribution in [1.82, 2.24) is 0 Å². The van der Waals surface area contributed by atoms with E-state index in [1.165, 1.54) is 74.8 Å². The van der Waals surface area contributed by atoms with Crippen molar-refractivity contribution < 1.29 is 13.9 Å². The number of carbonyl (C=O) groups is 1. The van der Waals surface area contributed by atoms with Crippen molar-refractivity contribution in [3.05, 3.63) is 78.1 Å². The molecular formula is C27H31FO2. The fraction of sp³-hybridized carbons (Fsp3) is 0.444. The first-order valence-electron chi connectivity index (χ1n) is 11.3. The maximum absolute atomic E-state index is 13.0. The van der Waals surface area contributed by atoms with Gasteiger partial charge in [-0.25, -0.2) is 9.18 Å². The van der Waals surface area contributed by atoms with Gasteiger partial charge in [0.15, 0.2) is 0 Å². The largest absolute Gasteiger partial charge is 0.423 e. The fourth-order valence-corrected chi connectivity index (χ4v) is 5.46. The van der Waals surface area contributed by atoms with Gasteiger partial charge in [-0.2, -0.15) is 0 Å². The van der Waals surface area contributed by atoms with Gasteiger partial charge in [-0.3, -0.25) is 0 Å². The molecule has 0 saturated heterocycles. The molecule has 2 aromatic carbocycles. The predicted molar refractivity (Wildman–Crippen MR) is 118 cm³/mol. The van der Waals surface area contributed by atoms with Gasteiger partial charge in [0, 0.05) is 0 Å². The summed E-state index contributed by atoms with van der Waals surface area (Å²) < 4.78 is 18.3. The first kappa shape index (κ1) is 20.8. The van der Waals surface area contributed by atoms with Crippen LogP contribution < -0.4 is 4.74 Å². The van der Waals surface area contributed by atoms with Crippen molar-refractivity contribution in [2.45, 2.75) is 57.3 Å². The fourth-order valence-electron chi connectivity index (χ4n) is 5.46. The van der Waals surface area contributed by atoms with E-state index in [1.807, 2.05) is 12.1 Å². The molecule has 0 spiro atoms. The number of hydrogen-bond donors (Lipinski definition) is 0. The van der Waals surface area contributed by atoms with Gasteiger partial charge in [0.05, 0.1) is 5.56 Å². The summed E-state index contributed by atoms with van der Waals surface area (Å²) >= 11 is 0. The lowest BCUT2D eigenvalue weighted by atomic mass is 9.63. The van der Waals surface area contributed by atoms with Crippen molar-refractivity contribution in [2.24, 2.45) is 17.8 Å². The lowest BCUT2D eigenvalue weighted by Gasteiger charge is -2.42. The minimum atomic E-state index is -0.408. The normalized spacial score (nSPS) is 25.9. The Bertz CT molecular complexity index is 855. The second kappa shape index (κ2) is 9.59. The summed E-state index contributed by atoms with van der Waals surface area (Å²) in [6.07, 6.45) is 12.5. The van der Waals surface area contributed by atoms with Crippen LogP contribution in [0.3, 0.4) is 0 Å². The molecule has 30 heavy (non-hydrogen) atoms. The van der Waals surface area contributed by atoms with Crippen LogP contribution in [0.5, 0.6) is 5.75 Å². The van der Waals surface area contributed by atoms with E-state index in [9.17, 15) is 9.18 Å². The highest BCUT2D eigenvalue weighted by molar-refractivity contribution is 5.91. The molecule has 2 fully saturated rings. The van der Waals surface area contributed by atoms with Crippen LogP contribution in [0.1, 0.15) is 73.2 Å². The van der Waals surface area contributed by atoms with E-state index in [-0.39, 0.29) is 5.82 Å². The van der Waals surface area contributed by atoms with Crippen LogP contribution in [-0.2, 0) is 0 Å². The first-order valence-corrected chi connectivity index (χ1v) is 11.3. The lowest BCUT2D eigenvalue weighted by molar-refractivity contribution is 0.0734. The summed E-state index contributed by atoms with van der Waals surface area (Å²) in [6.45, 7) is 3.87. The second-order valence-corrected chi connectivity index (χ2v) is 9.04. The molecule has 2 aliphatic rings. The van der Waals surface area contributed by atoms with E-state index < -0.39 is 5.97 Å². The molecule has 158 valence electrons. The van der Waals surface area contributed by atoms with Crippen molar-refractivity contribution in [2.75, 3.05) is 0 Å². The summed E-state index contributed by atoms with van der Waals surface area (Å²) in [5, 5.41) is 0. The molecule has 4 rings (SSSR count). The molecule has 0 aliphatic heterocycles. The Balaban J connectivity index is 1.33. The molecule has 0 heterocycles. The monoisotopic (exact) mass is 406 g/mol. The number of carbonyl (C=O) groups excluding carboxylic acids is 1. The minimum absolute atomic E-state index is 0.348. The van der Waals surface area contributed by atoms with Crippen LogP contribution >= 0.6 is 0 Å². The molecule has 0 N–H and O–H groups in total. The summed E-state index contributed by atoms with van der Waals surface area (Å²) in [6, 6.07) is 13.4. The van der Waals surface area contributed by atoms with Crippen LogP contribution in [0.2, 0.25) is 0 Å². The summed E-state index contributed by atoms with van der Waals surface area (Å²) in [7, 11) is 0. The Morgan fingerprint density at radius 3 is 2.40 bits per heavy atom. The SMILES string of the molecule is C=CCCC1CCC2CC(c3ccc(C(=O)Oc4ccc(F)cc4)cc3)CCC2C1. The van der Waals surface area contributed by atoms with Crippen molar-refractivity contribution in [3.63, 3.8) is 0 Å². The van der Waals surface area contributed by atoms with Gasteiger partial charge in [-0.1, -0.05) is 24.6 Å². The third-order valence-electron chi connectivity index (χ3n) is 7.14. The van der Waals surface area contributed by atoms with E-state index in [0.29, 0.717) is 17.2 Å². The van der Waals surface area contributed by atoms with Crippen LogP contribution in [-0.4, -0.2) is 5.97 Å². The molecule has 2 saturated carbocycles. The van der Waals surface area contributed by atoms with Crippen molar-refractivity contribution >= 4 is 5.97 Å². The van der Waals surface area contributed by atoms with Gasteiger partial charge in [0.25, 0.3) is 0 Å². The third-order valence-corrected chi connectivity index (χ3v) is 7.14. The van der Waals surface area contributed by atoms with Gasteiger partial charge in [-0.15, -0.1) is 6.58 Å². The summed E-state index contributed by atoms with van der Waals surface area (Å²) in [4.78, 5) is 12.4. The highest BCUT2D eigenvalue weighted by Gasteiger charge is 2.35.